The van der Waals surface area contributed by atoms with Gasteiger partial charge < -0.3 is 10.1 Å². The van der Waals surface area contributed by atoms with Crippen LogP contribution in [0.2, 0.25) is 0 Å². The van der Waals surface area contributed by atoms with Crippen molar-refractivity contribution in [2.24, 2.45) is 0 Å². The number of nitrogens with one attached hydrogen (secondary N) is 1. The molecular formula is C10H17N3O. The van der Waals surface area contributed by atoms with Crippen molar-refractivity contribution in [3.63, 3.8) is 0 Å². The molecule has 0 aliphatic carbocycles. The van der Waals surface area contributed by atoms with Gasteiger partial charge in [0.25, 0.3) is 0 Å². The van der Waals surface area contributed by atoms with Crippen LogP contribution in [0.15, 0.2) is 6.07 Å². The minimum atomic E-state index is 0.0844. The zero-order chi connectivity index (χ0) is 10.6. The van der Waals surface area contributed by atoms with E-state index in [0.717, 1.165) is 17.9 Å². The lowest BCUT2D eigenvalue weighted by Gasteiger charge is -2.12. The standard InChI is InChI=1S/C10H17N3O/c1-7-5-8(2)13-10(12-7)14-9(3)6-11-4/h5,9,11H,6H2,1-4H3. The minimum Gasteiger partial charge on any atom is -0.459 e. The van der Waals surface area contributed by atoms with Crippen LogP contribution in [0, 0.1) is 13.8 Å². The van der Waals surface area contributed by atoms with Gasteiger partial charge in [0.15, 0.2) is 0 Å². The molecule has 1 heterocycles. The largest absolute Gasteiger partial charge is 0.459 e. The fourth-order valence-corrected chi connectivity index (χ4v) is 1.26. The number of hydrogen-bond donors (Lipinski definition) is 1. The summed E-state index contributed by atoms with van der Waals surface area (Å²) in [5.41, 5.74) is 1.87. The highest BCUT2D eigenvalue weighted by Crippen LogP contribution is 2.07. The normalized spacial score (nSPS) is 12.6. The molecule has 1 rings (SSSR count). The summed E-state index contributed by atoms with van der Waals surface area (Å²) >= 11 is 0. The van der Waals surface area contributed by atoms with Crippen LogP contribution in [-0.4, -0.2) is 29.7 Å². The van der Waals surface area contributed by atoms with E-state index < -0.39 is 0 Å². The van der Waals surface area contributed by atoms with Gasteiger partial charge in [0.2, 0.25) is 0 Å². The van der Waals surface area contributed by atoms with Crippen LogP contribution in [0.25, 0.3) is 0 Å². The van der Waals surface area contributed by atoms with E-state index in [0.29, 0.717) is 6.01 Å². The van der Waals surface area contributed by atoms with Crippen LogP contribution in [0.5, 0.6) is 6.01 Å². The lowest BCUT2D eigenvalue weighted by Crippen LogP contribution is -2.26. The Bertz CT molecular complexity index is 281. The first-order valence-electron chi connectivity index (χ1n) is 4.75. The Balaban J connectivity index is 2.66. The molecule has 14 heavy (non-hydrogen) atoms. The van der Waals surface area contributed by atoms with Crippen LogP contribution >= 0.6 is 0 Å². The van der Waals surface area contributed by atoms with Gasteiger partial charge in [-0.15, -0.1) is 0 Å². The first-order chi connectivity index (χ1) is 6.61. The van der Waals surface area contributed by atoms with Crippen LogP contribution in [-0.2, 0) is 0 Å². The van der Waals surface area contributed by atoms with E-state index in [1.165, 1.54) is 0 Å². The summed E-state index contributed by atoms with van der Waals surface area (Å²) in [6.45, 7) is 6.64. The highest BCUT2D eigenvalue weighted by Gasteiger charge is 2.05. The van der Waals surface area contributed by atoms with Gasteiger partial charge in [0, 0.05) is 17.9 Å². The van der Waals surface area contributed by atoms with Crippen molar-refractivity contribution in [2.75, 3.05) is 13.6 Å². The SMILES string of the molecule is CNCC(C)Oc1nc(C)cc(C)n1. The van der Waals surface area contributed by atoms with E-state index in [1.807, 2.05) is 33.9 Å². The minimum absolute atomic E-state index is 0.0844. The van der Waals surface area contributed by atoms with Gasteiger partial charge in [-0.3, -0.25) is 0 Å². The van der Waals surface area contributed by atoms with E-state index in [2.05, 4.69) is 15.3 Å². The molecule has 1 aromatic heterocycles. The quantitative estimate of drug-likeness (QED) is 0.781. The maximum absolute atomic E-state index is 5.53. The predicted molar refractivity (Wildman–Crippen MR) is 55.5 cm³/mol. The molecule has 78 valence electrons. The van der Waals surface area contributed by atoms with Crippen molar-refractivity contribution in [1.82, 2.24) is 15.3 Å². The number of hydrogen-bond acceptors (Lipinski definition) is 4. The van der Waals surface area contributed by atoms with Gasteiger partial charge >= 0.3 is 6.01 Å². The molecule has 1 unspecified atom stereocenters. The predicted octanol–water partition coefficient (Wildman–Crippen LogP) is 1.08. The molecule has 0 saturated carbocycles. The van der Waals surface area contributed by atoms with E-state index in [4.69, 9.17) is 4.74 Å². The summed E-state index contributed by atoms with van der Waals surface area (Å²) in [4.78, 5) is 8.39. The van der Waals surface area contributed by atoms with Gasteiger partial charge in [0.1, 0.15) is 6.10 Å². The molecule has 0 saturated heterocycles. The third-order valence-corrected chi connectivity index (χ3v) is 1.76. The van der Waals surface area contributed by atoms with Crippen molar-refractivity contribution in [3.05, 3.63) is 17.5 Å². The molecular weight excluding hydrogens is 178 g/mol. The number of nitrogens with zero attached hydrogens (tertiary/aromatic N) is 2. The molecule has 0 radical (unpaired) electrons. The van der Waals surface area contributed by atoms with E-state index in [1.54, 1.807) is 0 Å². The fourth-order valence-electron chi connectivity index (χ4n) is 1.26. The van der Waals surface area contributed by atoms with E-state index in [9.17, 15) is 0 Å². The van der Waals surface area contributed by atoms with Gasteiger partial charge in [-0.2, -0.15) is 0 Å². The lowest BCUT2D eigenvalue weighted by molar-refractivity contribution is 0.201. The zero-order valence-corrected chi connectivity index (χ0v) is 9.16. The number of likely N-dealkylation sites (N-methyl/N-ethyl adjacent to an activating group) is 1. The Labute approximate surface area is 84.7 Å². The van der Waals surface area contributed by atoms with Gasteiger partial charge in [0.05, 0.1) is 0 Å². The number of rotatable bonds is 4. The van der Waals surface area contributed by atoms with Gasteiger partial charge in [-0.25, -0.2) is 9.97 Å². The second kappa shape index (κ2) is 4.91. The summed E-state index contributed by atoms with van der Waals surface area (Å²) < 4.78 is 5.53. The first-order valence-corrected chi connectivity index (χ1v) is 4.75. The highest BCUT2D eigenvalue weighted by atomic mass is 16.5. The second-order valence-corrected chi connectivity index (χ2v) is 3.42. The number of aromatic nitrogens is 2. The zero-order valence-electron chi connectivity index (χ0n) is 9.16. The Morgan fingerprint density at radius 2 is 1.93 bits per heavy atom. The Morgan fingerprint density at radius 1 is 1.36 bits per heavy atom. The van der Waals surface area contributed by atoms with Crippen LogP contribution in [0.4, 0.5) is 0 Å². The van der Waals surface area contributed by atoms with E-state index in [-0.39, 0.29) is 6.10 Å². The maximum Gasteiger partial charge on any atom is 0.317 e. The van der Waals surface area contributed by atoms with Crippen LogP contribution in [0.1, 0.15) is 18.3 Å². The highest BCUT2D eigenvalue weighted by molar-refractivity contribution is 5.11. The molecule has 0 fully saturated rings. The molecule has 1 atom stereocenters. The van der Waals surface area contributed by atoms with E-state index >= 15 is 0 Å². The maximum atomic E-state index is 5.53. The van der Waals surface area contributed by atoms with Gasteiger partial charge in [-0.1, -0.05) is 0 Å². The Hall–Kier alpha value is -1.16. The average Bonchev–Trinajstić information content (AvgIpc) is 2.01. The molecule has 0 spiro atoms. The monoisotopic (exact) mass is 195 g/mol. The molecule has 4 nitrogen and oxygen atoms in total. The van der Waals surface area contributed by atoms with Gasteiger partial charge in [-0.05, 0) is 33.9 Å². The molecule has 1 N–H and O–H groups in total. The summed E-state index contributed by atoms with van der Waals surface area (Å²) in [5, 5.41) is 3.04. The molecule has 0 aliphatic heterocycles. The number of aryl methyl sites for hydroxylation is 2. The molecule has 1 aromatic rings. The lowest BCUT2D eigenvalue weighted by atomic mass is 10.4. The summed E-state index contributed by atoms with van der Waals surface area (Å²) in [5.74, 6) is 0. The smallest absolute Gasteiger partial charge is 0.317 e. The van der Waals surface area contributed by atoms with Crippen molar-refractivity contribution in [1.29, 1.82) is 0 Å². The van der Waals surface area contributed by atoms with Crippen molar-refractivity contribution >= 4 is 0 Å². The summed E-state index contributed by atoms with van der Waals surface area (Å²) in [6, 6.07) is 2.39. The number of ether oxygens (including phenoxy) is 1. The fraction of sp³-hybridized carbons (Fsp3) is 0.600. The third kappa shape index (κ3) is 3.30. The molecule has 0 aliphatic rings. The first kappa shape index (κ1) is 10.9. The Kier molecular flexibility index (Phi) is 3.83. The van der Waals surface area contributed by atoms with Crippen molar-refractivity contribution < 1.29 is 4.74 Å². The summed E-state index contributed by atoms with van der Waals surface area (Å²) in [6.07, 6.45) is 0.0844. The van der Waals surface area contributed by atoms with Crippen LogP contribution < -0.4 is 10.1 Å². The molecule has 0 aromatic carbocycles. The van der Waals surface area contributed by atoms with Crippen LogP contribution in [0.3, 0.4) is 0 Å². The average molecular weight is 195 g/mol. The Morgan fingerprint density at radius 3 is 2.43 bits per heavy atom. The van der Waals surface area contributed by atoms with Crippen molar-refractivity contribution in [2.45, 2.75) is 26.9 Å². The molecule has 4 heteroatoms. The topological polar surface area (TPSA) is 47.0 Å². The summed E-state index contributed by atoms with van der Waals surface area (Å²) in [7, 11) is 1.89. The second-order valence-electron chi connectivity index (χ2n) is 3.42. The third-order valence-electron chi connectivity index (χ3n) is 1.76. The molecule has 0 bridgehead atoms. The molecule has 0 amide bonds. The van der Waals surface area contributed by atoms with Crippen molar-refractivity contribution in [3.8, 4) is 6.01 Å².